The van der Waals surface area contributed by atoms with E-state index in [0.29, 0.717) is 5.92 Å². The zero-order chi connectivity index (χ0) is 13.3. The standard InChI is InChI=1S/C13H29N3O/c1-5-9-12(13(17)15-14)16(8-4)10-11(6-2)7-3/h11-12H,5-10,14H2,1-4H3,(H,15,17). The lowest BCUT2D eigenvalue weighted by atomic mass is 10.0. The lowest BCUT2D eigenvalue weighted by Crippen LogP contribution is -2.50. The van der Waals surface area contributed by atoms with Gasteiger partial charge in [-0.1, -0.05) is 47.0 Å². The molecule has 0 aromatic carbocycles. The first-order chi connectivity index (χ1) is 8.14. The van der Waals surface area contributed by atoms with Gasteiger partial charge in [0.2, 0.25) is 0 Å². The summed E-state index contributed by atoms with van der Waals surface area (Å²) in [5, 5.41) is 0. The number of rotatable bonds is 9. The Morgan fingerprint density at radius 2 is 1.82 bits per heavy atom. The highest BCUT2D eigenvalue weighted by molar-refractivity contribution is 5.81. The Labute approximate surface area is 106 Å². The number of nitrogens with two attached hydrogens (primary N) is 1. The van der Waals surface area contributed by atoms with E-state index in [1.165, 1.54) is 0 Å². The van der Waals surface area contributed by atoms with Crippen LogP contribution in [-0.4, -0.2) is 29.9 Å². The topological polar surface area (TPSA) is 58.4 Å². The van der Waals surface area contributed by atoms with Crippen molar-refractivity contribution in [2.75, 3.05) is 13.1 Å². The molecule has 0 aromatic heterocycles. The maximum Gasteiger partial charge on any atom is 0.251 e. The third-order valence-electron chi connectivity index (χ3n) is 3.50. The van der Waals surface area contributed by atoms with Gasteiger partial charge in [-0.05, 0) is 18.9 Å². The van der Waals surface area contributed by atoms with E-state index in [2.05, 4.69) is 38.0 Å². The number of nitrogens with zero attached hydrogens (tertiary/aromatic N) is 1. The second kappa shape index (κ2) is 9.42. The molecule has 4 heteroatoms. The molecule has 0 saturated carbocycles. The Kier molecular flexibility index (Phi) is 9.09. The normalized spacial score (nSPS) is 13.1. The van der Waals surface area contributed by atoms with Crippen LogP contribution >= 0.6 is 0 Å². The van der Waals surface area contributed by atoms with Crippen molar-refractivity contribution in [1.82, 2.24) is 10.3 Å². The van der Waals surface area contributed by atoms with Crippen LogP contribution in [0.2, 0.25) is 0 Å². The first kappa shape index (κ1) is 16.4. The summed E-state index contributed by atoms with van der Waals surface area (Å²) in [6, 6.07) is -0.0735. The van der Waals surface area contributed by atoms with Gasteiger partial charge in [-0.25, -0.2) is 5.84 Å². The van der Waals surface area contributed by atoms with Crippen LogP contribution in [-0.2, 0) is 4.79 Å². The van der Waals surface area contributed by atoms with Gasteiger partial charge in [0.1, 0.15) is 0 Å². The highest BCUT2D eigenvalue weighted by atomic mass is 16.2. The van der Waals surface area contributed by atoms with Crippen LogP contribution < -0.4 is 11.3 Å². The van der Waals surface area contributed by atoms with Crippen molar-refractivity contribution < 1.29 is 4.79 Å². The Morgan fingerprint density at radius 1 is 1.24 bits per heavy atom. The van der Waals surface area contributed by atoms with E-state index in [1.807, 2.05) is 0 Å². The maximum absolute atomic E-state index is 11.8. The molecule has 0 aliphatic carbocycles. The average molecular weight is 243 g/mol. The number of hydrogen-bond acceptors (Lipinski definition) is 3. The highest BCUT2D eigenvalue weighted by Gasteiger charge is 2.24. The molecule has 4 nitrogen and oxygen atoms in total. The molecule has 0 radical (unpaired) electrons. The fourth-order valence-electron chi connectivity index (χ4n) is 2.20. The van der Waals surface area contributed by atoms with Gasteiger partial charge >= 0.3 is 0 Å². The number of amides is 1. The van der Waals surface area contributed by atoms with Crippen molar-refractivity contribution in [3.05, 3.63) is 0 Å². The molecule has 1 unspecified atom stereocenters. The van der Waals surface area contributed by atoms with Gasteiger partial charge in [-0.15, -0.1) is 0 Å². The molecule has 0 spiro atoms. The number of carbonyl (C=O) groups excluding carboxylic acids is 1. The smallest absolute Gasteiger partial charge is 0.251 e. The SMILES string of the molecule is CCCC(C(=O)NN)N(CC)CC(CC)CC. The molecule has 0 aromatic rings. The third-order valence-corrected chi connectivity index (χ3v) is 3.50. The minimum atomic E-state index is -0.0735. The third kappa shape index (κ3) is 5.50. The van der Waals surface area contributed by atoms with Crippen LogP contribution in [0.25, 0.3) is 0 Å². The number of likely N-dealkylation sites (N-methyl/N-ethyl adjacent to an activating group) is 1. The molecule has 0 aliphatic rings. The molecule has 17 heavy (non-hydrogen) atoms. The van der Waals surface area contributed by atoms with Crippen LogP contribution in [0.4, 0.5) is 0 Å². The van der Waals surface area contributed by atoms with Gasteiger partial charge in [0.05, 0.1) is 6.04 Å². The predicted molar refractivity (Wildman–Crippen MR) is 72.3 cm³/mol. The quantitative estimate of drug-likeness (QED) is 0.369. The molecular formula is C13H29N3O. The van der Waals surface area contributed by atoms with E-state index in [9.17, 15) is 4.79 Å². The predicted octanol–water partition coefficient (Wildman–Crippen LogP) is 1.90. The minimum absolute atomic E-state index is 0.0559. The summed E-state index contributed by atoms with van der Waals surface area (Å²) >= 11 is 0. The second-order valence-corrected chi connectivity index (χ2v) is 4.58. The number of hydrazine groups is 1. The summed E-state index contributed by atoms with van der Waals surface area (Å²) in [7, 11) is 0. The monoisotopic (exact) mass is 243 g/mol. The fourth-order valence-corrected chi connectivity index (χ4v) is 2.20. The van der Waals surface area contributed by atoms with E-state index in [-0.39, 0.29) is 11.9 Å². The van der Waals surface area contributed by atoms with Gasteiger partial charge in [-0.3, -0.25) is 15.1 Å². The van der Waals surface area contributed by atoms with Gasteiger partial charge in [0, 0.05) is 6.54 Å². The first-order valence-corrected chi connectivity index (χ1v) is 6.88. The molecule has 1 atom stereocenters. The average Bonchev–Trinajstić information content (AvgIpc) is 2.37. The lowest BCUT2D eigenvalue weighted by molar-refractivity contribution is -0.127. The van der Waals surface area contributed by atoms with Gasteiger partial charge in [-0.2, -0.15) is 0 Å². The number of nitrogens with one attached hydrogen (secondary N) is 1. The number of carbonyl (C=O) groups is 1. The summed E-state index contributed by atoms with van der Waals surface area (Å²) in [5.41, 5.74) is 2.29. The summed E-state index contributed by atoms with van der Waals surface area (Å²) < 4.78 is 0. The molecule has 1 amide bonds. The van der Waals surface area contributed by atoms with Crippen LogP contribution in [0.1, 0.15) is 53.4 Å². The minimum Gasteiger partial charge on any atom is -0.293 e. The Hall–Kier alpha value is -0.610. The van der Waals surface area contributed by atoms with Crippen molar-refractivity contribution in [3.63, 3.8) is 0 Å². The molecule has 0 saturated heterocycles. The second-order valence-electron chi connectivity index (χ2n) is 4.58. The first-order valence-electron chi connectivity index (χ1n) is 6.88. The molecule has 0 rings (SSSR count). The van der Waals surface area contributed by atoms with Gasteiger partial charge in [0.25, 0.3) is 5.91 Å². The zero-order valence-electron chi connectivity index (χ0n) is 11.8. The van der Waals surface area contributed by atoms with Crippen molar-refractivity contribution in [1.29, 1.82) is 0 Å². The van der Waals surface area contributed by atoms with E-state index < -0.39 is 0 Å². The van der Waals surface area contributed by atoms with Gasteiger partial charge in [0.15, 0.2) is 0 Å². The summed E-state index contributed by atoms with van der Waals surface area (Å²) in [6.07, 6.45) is 4.20. The summed E-state index contributed by atoms with van der Waals surface area (Å²) in [5.74, 6) is 5.88. The Bertz CT molecular complexity index is 205. The Balaban J connectivity index is 4.59. The molecule has 0 fully saturated rings. The zero-order valence-corrected chi connectivity index (χ0v) is 11.8. The molecular weight excluding hydrogens is 214 g/mol. The van der Waals surface area contributed by atoms with Crippen LogP contribution in [0.3, 0.4) is 0 Å². The molecule has 3 N–H and O–H groups in total. The fraction of sp³-hybridized carbons (Fsp3) is 0.923. The van der Waals surface area contributed by atoms with Crippen molar-refractivity contribution in [3.8, 4) is 0 Å². The van der Waals surface area contributed by atoms with Crippen LogP contribution in [0, 0.1) is 5.92 Å². The maximum atomic E-state index is 11.8. The van der Waals surface area contributed by atoms with E-state index in [1.54, 1.807) is 0 Å². The van der Waals surface area contributed by atoms with Crippen LogP contribution in [0.5, 0.6) is 0 Å². The molecule has 102 valence electrons. The Morgan fingerprint density at radius 3 is 2.18 bits per heavy atom. The lowest BCUT2D eigenvalue weighted by Gasteiger charge is -2.31. The van der Waals surface area contributed by atoms with Gasteiger partial charge < -0.3 is 0 Å². The molecule has 0 bridgehead atoms. The molecule has 0 heterocycles. The largest absolute Gasteiger partial charge is 0.293 e. The number of hydrogen-bond donors (Lipinski definition) is 2. The van der Waals surface area contributed by atoms with E-state index >= 15 is 0 Å². The highest BCUT2D eigenvalue weighted by Crippen LogP contribution is 2.14. The molecule has 0 aliphatic heterocycles. The van der Waals surface area contributed by atoms with Crippen molar-refractivity contribution in [2.24, 2.45) is 11.8 Å². The van der Waals surface area contributed by atoms with Crippen molar-refractivity contribution >= 4 is 5.91 Å². The summed E-state index contributed by atoms with van der Waals surface area (Å²) in [6.45, 7) is 10.5. The van der Waals surface area contributed by atoms with E-state index in [0.717, 1.165) is 38.8 Å². The van der Waals surface area contributed by atoms with Crippen molar-refractivity contribution in [2.45, 2.75) is 59.4 Å². The van der Waals surface area contributed by atoms with E-state index in [4.69, 9.17) is 5.84 Å². The van der Waals surface area contributed by atoms with Crippen LogP contribution in [0.15, 0.2) is 0 Å². The summed E-state index contributed by atoms with van der Waals surface area (Å²) in [4.78, 5) is 14.0.